The van der Waals surface area contributed by atoms with Gasteiger partial charge in [0.25, 0.3) is 0 Å². The van der Waals surface area contributed by atoms with Gasteiger partial charge < -0.3 is 14.1 Å². The minimum absolute atomic E-state index is 0.619. The Morgan fingerprint density at radius 3 is 1.38 bits per heavy atom. The van der Waals surface area contributed by atoms with E-state index < -0.39 is 5.41 Å². The van der Waals surface area contributed by atoms with Gasteiger partial charge in [0, 0.05) is 49.7 Å². The minimum atomic E-state index is -0.619. The highest BCUT2D eigenvalue weighted by molar-refractivity contribution is 6.06. The quantitative estimate of drug-likeness (QED) is 0.166. The molecule has 72 heavy (non-hydrogen) atoms. The Hall–Kier alpha value is -9.44. The standard InChI is InChI=1S/C69H43NO2/c1-2-12-44(13-3-1)45-22-32-52(33-23-45)70(54-36-26-47(27-37-54)51-29-39-60-59-19-9-11-21-65(59)71-66(60)43-51)53-34-24-46(25-35-53)50-28-38-58-57-18-8-10-20-61(57)69(64(58)42-50)62-40-30-48-14-4-6-16-55(48)67(62)72-68-56-17-7-5-15-49(56)31-41-63(68)69/h1-43H. The van der Waals surface area contributed by atoms with Gasteiger partial charge in [-0.2, -0.15) is 0 Å². The maximum atomic E-state index is 7.22. The molecule has 3 heteroatoms. The highest BCUT2D eigenvalue weighted by atomic mass is 16.5. The lowest BCUT2D eigenvalue weighted by Gasteiger charge is -2.40. The average Bonchev–Trinajstić information content (AvgIpc) is 3.97. The average molecular weight is 918 g/mol. The van der Waals surface area contributed by atoms with Crippen molar-refractivity contribution in [3.8, 4) is 56.0 Å². The zero-order chi connectivity index (χ0) is 47.3. The fourth-order valence-corrected chi connectivity index (χ4v) is 12.0. The van der Waals surface area contributed by atoms with Gasteiger partial charge in [-0.25, -0.2) is 0 Å². The lowest BCUT2D eigenvalue weighted by atomic mass is 9.65. The molecule has 1 aromatic heterocycles. The maximum Gasteiger partial charge on any atom is 0.140 e. The van der Waals surface area contributed by atoms with E-state index >= 15 is 0 Å². The number of fused-ring (bicyclic) bond motifs is 16. The summed E-state index contributed by atoms with van der Waals surface area (Å²) in [7, 11) is 0. The van der Waals surface area contributed by atoms with Crippen LogP contribution in [0.25, 0.3) is 88.0 Å². The SMILES string of the molecule is c1ccc(-c2ccc(N(c3ccc(-c4ccc5c(c4)C4(c6ccccc6-5)c5ccc6ccccc6c5Oc5c4ccc4ccccc54)cc3)c3ccc(-c4ccc5c(c4)oc4ccccc45)cc3)cc2)cc1. The number of anilines is 3. The second-order valence-electron chi connectivity index (χ2n) is 19.1. The first-order valence-corrected chi connectivity index (χ1v) is 24.7. The van der Waals surface area contributed by atoms with E-state index in [1.165, 1.54) is 33.4 Å². The zero-order valence-electron chi connectivity index (χ0n) is 39.1. The molecule has 2 aliphatic rings. The first kappa shape index (κ1) is 40.4. The van der Waals surface area contributed by atoms with Crippen LogP contribution in [-0.2, 0) is 5.41 Å². The number of hydrogen-bond acceptors (Lipinski definition) is 3. The molecule has 0 unspecified atom stereocenters. The molecule has 3 nitrogen and oxygen atoms in total. The van der Waals surface area contributed by atoms with Crippen LogP contribution in [-0.4, -0.2) is 0 Å². The van der Waals surface area contributed by atoms with E-state index in [1.54, 1.807) is 0 Å². The summed E-state index contributed by atoms with van der Waals surface area (Å²) in [6, 6.07) is 94.7. The predicted molar refractivity (Wildman–Crippen MR) is 297 cm³/mol. The van der Waals surface area contributed by atoms with Gasteiger partial charge in [-0.3, -0.25) is 0 Å². The molecule has 0 atom stereocenters. The second kappa shape index (κ2) is 15.8. The summed E-state index contributed by atoms with van der Waals surface area (Å²) in [5.74, 6) is 1.85. The summed E-state index contributed by atoms with van der Waals surface area (Å²) in [4.78, 5) is 2.35. The molecule has 336 valence electrons. The van der Waals surface area contributed by atoms with Crippen LogP contribution in [0, 0.1) is 0 Å². The highest BCUT2D eigenvalue weighted by Crippen LogP contribution is 2.64. The molecule has 12 aromatic carbocycles. The van der Waals surface area contributed by atoms with Crippen molar-refractivity contribution >= 4 is 60.5 Å². The lowest BCUT2D eigenvalue weighted by molar-refractivity contribution is 0.447. The van der Waals surface area contributed by atoms with Crippen molar-refractivity contribution in [3.05, 3.63) is 283 Å². The summed E-state index contributed by atoms with van der Waals surface area (Å²) in [6.45, 7) is 0. The normalized spacial score (nSPS) is 12.9. The molecule has 0 amide bonds. The summed E-state index contributed by atoms with van der Waals surface area (Å²) in [5, 5.41) is 6.82. The fraction of sp³-hybridized carbons (Fsp3) is 0.0145. The van der Waals surface area contributed by atoms with Crippen LogP contribution in [0.1, 0.15) is 22.3 Å². The van der Waals surface area contributed by atoms with Crippen molar-refractivity contribution in [1.82, 2.24) is 0 Å². The highest BCUT2D eigenvalue weighted by Gasteiger charge is 2.52. The third kappa shape index (κ3) is 6.04. The molecule has 13 aromatic rings. The third-order valence-corrected chi connectivity index (χ3v) is 15.3. The summed E-state index contributed by atoms with van der Waals surface area (Å²) < 4.78 is 13.5. The Morgan fingerprint density at radius 2 is 0.736 bits per heavy atom. The van der Waals surface area contributed by atoms with Crippen LogP contribution in [0.3, 0.4) is 0 Å². The summed E-state index contributed by atoms with van der Waals surface area (Å²) in [6.07, 6.45) is 0. The first-order valence-electron chi connectivity index (χ1n) is 24.7. The number of para-hydroxylation sites is 1. The molecule has 0 bridgehead atoms. The van der Waals surface area contributed by atoms with E-state index in [0.717, 1.165) is 105 Å². The van der Waals surface area contributed by atoms with Gasteiger partial charge in [-0.15, -0.1) is 0 Å². The number of rotatable bonds is 6. The molecule has 2 heterocycles. The van der Waals surface area contributed by atoms with Gasteiger partial charge in [0.05, 0.1) is 5.41 Å². The van der Waals surface area contributed by atoms with E-state index in [2.05, 4.69) is 254 Å². The van der Waals surface area contributed by atoms with Crippen molar-refractivity contribution in [1.29, 1.82) is 0 Å². The molecule has 1 spiro atoms. The Labute approximate surface area is 417 Å². The summed E-state index contributed by atoms with van der Waals surface area (Å²) >= 11 is 0. The van der Waals surface area contributed by atoms with Gasteiger partial charge >= 0.3 is 0 Å². The Morgan fingerprint density at radius 1 is 0.278 bits per heavy atom. The van der Waals surface area contributed by atoms with Gasteiger partial charge in [0.1, 0.15) is 22.7 Å². The Balaban J connectivity index is 0.854. The Bertz CT molecular complexity index is 4200. The van der Waals surface area contributed by atoms with Crippen molar-refractivity contribution in [2.75, 3.05) is 4.90 Å². The molecule has 0 radical (unpaired) electrons. The van der Waals surface area contributed by atoms with Gasteiger partial charge in [0.15, 0.2) is 0 Å². The van der Waals surface area contributed by atoms with Crippen LogP contribution in [0.15, 0.2) is 265 Å². The smallest absolute Gasteiger partial charge is 0.140 e. The third-order valence-electron chi connectivity index (χ3n) is 15.3. The van der Waals surface area contributed by atoms with Crippen molar-refractivity contribution < 1.29 is 9.15 Å². The predicted octanol–water partition coefficient (Wildman–Crippen LogP) is 18.8. The van der Waals surface area contributed by atoms with Crippen molar-refractivity contribution in [2.24, 2.45) is 0 Å². The summed E-state index contributed by atoms with van der Waals surface area (Å²) in [5.41, 5.74) is 18.7. The fourth-order valence-electron chi connectivity index (χ4n) is 12.0. The van der Waals surface area contributed by atoms with E-state index in [9.17, 15) is 0 Å². The first-order chi connectivity index (χ1) is 35.7. The van der Waals surface area contributed by atoms with Crippen molar-refractivity contribution in [3.63, 3.8) is 0 Å². The van der Waals surface area contributed by atoms with Crippen molar-refractivity contribution in [2.45, 2.75) is 5.41 Å². The molecular weight excluding hydrogens is 875 g/mol. The van der Waals surface area contributed by atoms with Crippen LogP contribution < -0.4 is 9.64 Å². The number of ether oxygens (including phenoxy) is 1. The van der Waals surface area contributed by atoms with Gasteiger partial charge in [-0.1, -0.05) is 200 Å². The zero-order valence-corrected chi connectivity index (χ0v) is 39.1. The van der Waals surface area contributed by atoms with Crippen LogP contribution >= 0.6 is 0 Å². The van der Waals surface area contributed by atoms with E-state index in [1.807, 2.05) is 12.1 Å². The Kier molecular flexibility index (Phi) is 8.87. The number of furan rings is 1. The topological polar surface area (TPSA) is 25.6 Å². The van der Waals surface area contributed by atoms with E-state index in [-0.39, 0.29) is 0 Å². The molecule has 1 aliphatic carbocycles. The van der Waals surface area contributed by atoms with Gasteiger partial charge in [0.2, 0.25) is 0 Å². The molecular formula is C69H43NO2. The molecule has 15 rings (SSSR count). The number of nitrogens with zero attached hydrogens (tertiary/aromatic N) is 1. The van der Waals surface area contributed by atoms with Gasteiger partial charge in [-0.05, 0) is 127 Å². The lowest BCUT2D eigenvalue weighted by Crippen LogP contribution is -2.32. The second-order valence-corrected chi connectivity index (χ2v) is 19.1. The monoisotopic (exact) mass is 917 g/mol. The maximum absolute atomic E-state index is 7.22. The van der Waals surface area contributed by atoms with Crippen LogP contribution in [0.5, 0.6) is 11.5 Å². The van der Waals surface area contributed by atoms with E-state index in [0.29, 0.717) is 0 Å². The number of benzene rings is 12. The van der Waals surface area contributed by atoms with Crippen LogP contribution in [0.4, 0.5) is 17.1 Å². The minimum Gasteiger partial charge on any atom is -0.456 e. The molecule has 0 saturated heterocycles. The molecule has 0 saturated carbocycles. The largest absolute Gasteiger partial charge is 0.456 e. The van der Waals surface area contributed by atoms with Crippen LogP contribution in [0.2, 0.25) is 0 Å². The number of hydrogen-bond donors (Lipinski definition) is 0. The molecule has 0 N–H and O–H groups in total. The molecule has 0 fully saturated rings. The molecule has 1 aliphatic heterocycles. The van der Waals surface area contributed by atoms with E-state index in [4.69, 9.17) is 9.15 Å².